The van der Waals surface area contributed by atoms with Crippen LogP contribution in [0.4, 0.5) is 4.20 Å². The minimum absolute atomic E-state index is 0.437. The van der Waals surface area contributed by atoms with Crippen LogP contribution in [0.3, 0.4) is 0 Å². The summed E-state index contributed by atoms with van der Waals surface area (Å²) in [6.45, 7) is 0. The molecule has 0 unspecified atom stereocenters. The number of hydrogen-bond donors (Lipinski definition) is 0. The third-order valence-electron chi connectivity index (χ3n) is 6.05. The Morgan fingerprint density at radius 2 is 0.980 bits per heavy atom. The Kier molecular flexibility index (Phi) is 17.6. The highest BCUT2D eigenvalue weighted by atomic mass is 35.5. The first-order chi connectivity index (χ1) is 23.6. The van der Waals surface area contributed by atoms with Crippen LogP contribution in [0.15, 0.2) is 36.7 Å². The molecule has 0 N–H and O–H groups in total. The zero-order valence-electron chi connectivity index (χ0n) is 28.4. The Hall–Kier alpha value is -2.54. The van der Waals surface area contributed by atoms with Gasteiger partial charge in [-0.25, -0.2) is 33.1 Å². The molecule has 284 valence electrons. The number of fused-ring (bicyclic) bond motifs is 2. The van der Waals surface area contributed by atoms with Crippen molar-refractivity contribution in [3.05, 3.63) is 36.7 Å². The minimum atomic E-state index is -5.64. The van der Waals surface area contributed by atoms with E-state index in [1.807, 2.05) is 99.6 Å². The molecule has 0 aliphatic heterocycles. The molecule has 0 bridgehead atoms. The van der Waals surface area contributed by atoms with Gasteiger partial charge in [0.15, 0.2) is 0 Å². The monoisotopic (exact) mass is 856 g/mol. The largest absolute Gasteiger partial charge is 0.786 e. The van der Waals surface area contributed by atoms with Crippen LogP contribution in [0.2, 0.25) is 0 Å². The predicted molar refractivity (Wildman–Crippen MR) is 192 cm³/mol. The van der Waals surface area contributed by atoms with Crippen molar-refractivity contribution in [2.45, 2.75) is 32.3 Å². The molecule has 1 aliphatic rings. The van der Waals surface area contributed by atoms with Gasteiger partial charge in [-0.2, -0.15) is 0 Å². The van der Waals surface area contributed by atoms with E-state index in [9.17, 15) is 4.20 Å². The summed E-state index contributed by atoms with van der Waals surface area (Å²) in [6.07, 6.45) is 3.35. The van der Waals surface area contributed by atoms with E-state index in [0.717, 1.165) is 0 Å². The van der Waals surface area contributed by atoms with Crippen LogP contribution in [0.5, 0.6) is 0 Å². The van der Waals surface area contributed by atoms with E-state index in [-0.39, 0.29) is 0 Å². The van der Waals surface area contributed by atoms with Crippen molar-refractivity contribution in [3.8, 4) is 0 Å². The maximum atomic E-state index is 10.1. The van der Waals surface area contributed by atoms with Crippen molar-refractivity contribution in [3.63, 3.8) is 0 Å². The fourth-order valence-corrected chi connectivity index (χ4v) is 6.28. The summed E-state index contributed by atoms with van der Waals surface area (Å²) in [5.41, 5.74) is 2.58. The van der Waals surface area contributed by atoms with Gasteiger partial charge < -0.3 is 14.4 Å². The molecule has 25 heteroatoms. The number of hydrogen-bond acceptors (Lipinski definition) is 11. The topological polar surface area (TPSA) is 181 Å². The Labute approximate surface area is 323 Å². The first-order valence-corrected chi connectivity index (χ1v) is 18.4. The van der Waals surface area contributed by atoms with Crippen molar-refractivity contribution >= 4 is 112 Å². The van der Waals surface area contributed by atoms with E-state index >= 15 is 0 Å². The van der Waals surface area contributed by atoms with Gasteiger partial charge in [-0.15, -0.1) is 79.8 Å². The second-order valence-electron chi connectivity index (χ2n) is 11.0. The summed E-state index contributed by atoms with van der Waals surface area (Å²) >= 11 is 35.3. The molecule has 17 nitrogen and oxygen atoms in total. The molecule has 0 atom stereocenters. The molecule has 4 aromatic heterocycles. The molecule has 0 amide bonds. The molecule has 0 saturated heterocycles. The number of nitrogens with zero attached hydrogens (tertiary/aromatic N) is 12. The minimum Gasteiger partial charge on any atom is -0.786 e. The van der Waals surface area contributed by atoms with Crippen LogP contribution in [0.25, 0.3) is 22.3 Å². The van der Waals surface area contributed by atoms with Crippen LogP contribution in [-0.4, -0.2) is 160 Å². The number of amidine groups is 2. The third kappa shape index (κ3) is 13.4. The first-order valence-electron chi connectivity index (χ1n) is 14.3. The summed E-state index contributed by atoms with van der Waals surface area (Å²) in [5, 5.41) is 13.1. The predicted octanol–water partition coefficient (Wildman–Crippen LogP) is 1.32. The molecule has 0 spiro atoms. The molecule has 4 heterocycles. The zero-order chi connectivity index (χ0) is 38.8. The fourth-order valence-electron chi connectivity index (χ4n) is 3.95. The molecule has 0 radical (unpaired) electrons. The second-order valence-corrected chi connectivity index (χ2v) is 14.9. The van der Waals surface area contributed by atoms with Crippen LogP contribution in [0.1, 0.15) is 0 Å². The molecular weight excluding hydrogens is 823 g/mol. The van der Waals surface area contributed by atoms with Crippen molar-refractivity contribution in [2.75, 3.05) is 56.4 Å². The van der Waals surface area contributed by atoms with E-state index < -0.39 is 40.2 Å². The normalized spacial score (nSPS) is 21.1. The molecule has 1 fully saturated rings. The number of rotatable bonds is 2. The summed E-state index contributed by atoms with van der Waals surface area (Å²) in [7, 11) is 9.49. The van der Waals surface area contributed by atoms with Gasteiger partial charge in [0.05, 0.1) is 88.6 Å². The SMILES string of the molecule is CN(C)C(On1nnc2cccnc21)=[N+](C)C.CN(C)C(On1nnc2cccnc21)=[N+](C)C.Cl[C@H]1[C@H](Cl)[C@@H](Cl)[C@@H](Cl)[C@H](Cl)[C@H]1Cl.O=P([O-])([O-])F. The van der Waals surface area contributed by atoms with Crippen molar-refractivity contribution in [1.29, 1.82) is 0 Å². The lowest BCUT2D eigenvalue weighted by Crippen LogP contribution is -2.52. The summed E-state index contributed by atoms with van der Waals surface area (Å²) in [5.74, 6) is 0. The van der Waals surface area contributed by atoms with Crippen molar-refractivity contribution in [2.24, 2.45) is 0 Å². The summed E-state index contributed by atoms with van der Waals surface area (Å²) < 4.78 is 22.3. The fraction of sp³-hybridized carbons (Fsp3) is 0.538. The summed E-state index contributed by atoms with van der Waals surface area (Å²) in [6, 6.07) is 8.57. The lowest BCUT2D eigenvalue weighted by atomic mass is 9.97. The highest BCUT2D eigenvalue weighted by Crippen LogP contribution is 2.39. The maximum absolute atomic E-state index is 10.1. The standard InChI is InChI=1S/2C10H15N6O.C6H6Cl6.FH2O3P/c2*1-14(2)10(15(3)4)17-16-9-8(12-13-16)6-5-7-11-9;7-1-2(8)4(10)6(12)5(11)3(1)9;1-5(2,3)4/h2*5-7H,1-4H3;1-6H;(H2,2,3,4)/q2*+1;;/p-2/t;;1-,2-,3-,4+,5+,6+;. The Bertz CT molecular complexity index is 1650. The highest BCUT2D eigenvalue weighted by Gasteiger charge is 2.47. The Morgan fingerprint density at radius 3 is 1.22 bits per heavy atom. The van der Waals surface area contributed by atoms with E-state index in [2.05, 4.69) is 30.6 Å². The van der Waals surface area contributed by atoms with Gasteiger partial charge in [0.2, 0.25) is 11.3 Å². The maximum Gasteiger partial charge on any atom is 0.472 e. The third-order valence-corrected chi connectivity index (χ3v) is 10.1. The van der Waals surface area contributed by atoms with Gasteiger partial charge in [-0.1, -0.05) is 0 Å². The number of alkyl halides is 6. The van der Waals surface area contributed by atoms with E-state index in [0.29, 0.717) is 34.4 Å². The van der Waals surface area contributed by atoms with Gasteiger partial charge in [0.1, 0.15) is 18.9 Å². The summed E-state index contributed by atoms with van der Waals surface area (Å²) in [4.78, 5) is 42.8. The van der Waals surface area contributed by atoms with Gasteiger partial charge in [-0.05, 0) is 44.4 Å². The van der Waals surface area contributed by atoms with Gasteiger partial charge in [-0.3, -0.25) is 9.68 Å². The van der Waals surface area contributed by atoms with Gasteiger partial charge >= 0.3 is 12.0 Å². The smallest absolute Gasteiger partial charge is 0.472 e. The van der Waals surface area contributed by atoms with Crippen LogP contribution >= 0.6 is 77.5 Å². The molecular formula is C26H36Cl6FN12O5P. The molecule has 5 rings (SSSR count). The van der Waals surface area contributed by atoms with E-state index in [4.69, 9.17) is 93.6 Å². The second kappa shape index (κ2) is 20.1. The van der Waals surface area contributed by atoms with Gasteiger partial charge in [0, 0.05) is 12.4 Å². The van der Waals surface area contributed by atoms with E-state index in [1.54, 1.807) is 12.4 Å². The average molecular weight is 859 g/mol. The molecule has 0 aromatic carbocycles. The molecule has 1 saturated carbocycles. The number of halogens is 7. The van der Waals surface area contributed by atoms with Crippen LogP contribution in [0, 0.1) is 0 Å². The average Bonchev–Trinajstić information content (AvgIpc) is 3.66. The molecule has 1 aliphatic carbocycles. The zero-order valence-corrected chi connectivity index (χ0v) is 33.9. The van der Waals surface area contributed by atoms with Crippen molar-refractivity contribution < 1.29 is 37.4 Å². The number of pyridine rings is 2. The Morgan fingerprint density at radius 1 is 0.706 bits per heavy atom. The van der Waals surface area contributed by atoms with Crippen molar-refractivity contribution in [1.82, 2.24) is 50.1 Å². The van der Waals surface area contributed by atoms with Crippen LogP contribution in [-0.2, 0) is 4.57 Å². The first kappa shape index (κ1) is 44.6. The number of aromatic nitrogens is 8. The highest BCUT2D eigenvalue weighted by molar-refractivity contribution is 7.42. The van der Waals surface area contributed by atoms with Gasteiger partial charge in [0.25, 0.3) is 0 Å². The van der Waals surface area contributed by atoms with E-state index in [1.165, 1.54) is 9.69 Å². The van der Waals surface area contributed by atoms with Crippen LogP contribution < -0.4 is 19.5 Å². The quantitative estimate of drug-likeness (QED) is 0.0927. The lowest BCUT2D eigenvalue weighted by Gasteiger charge is -2.37. The Balaban J connectivity index is 0.000000252. The molecule has 51 heavy (non-hydrogen) atoms. The lowest BCUT2D eigenvalue weighted by molar-refractivity contribution is -0.480. The molecule has 4 aromatic rings.